The van der Waals surface area contributed by atoms with Crippen LogP contribution in [-0.2, 0) is 8.58 Å². The van der Waals surface area contributed by atoms with Crippen LogP contribution in [0.3, 0.4) is 0 Å². The molecule has 0 saturated carbocycles. The highest BCUT2D eigenvalue weighted by molar-refractivity contribution is 6.56. The van der Waals surface area contributed by atoms with Crippen LogP contribution in [0.2, 0.25) is 0 Å². The Balaban J connectivity index is 3.21. The van der Waals surface area contributed by atoms with Gasteiger partial charge < -0.3 is 22.3 Å². The Morgan fingerprint density at radius 1 is 1.17 bits per heavy atom. The lowest BCUT2D eigenvalue weighted by atomic mass is 10.3. The summed E-state index contributed by atoms with van der Waals surface area (Å²) in [7, 11) is -4.22. The Kier molecular flexibility index (Phi) is 9.55. The average molecular weight is 436 g/mol. The molecule has 0 bridgehead atoms. The van der Waals surface area contributed by atoms with Crippen molar-refractivity contribution >= 4 is 24.2 Å². The molecule has 0 unspecified atom stereocenters. The number of nitrogens with zero attached hydrogens (tertiary/aromatic N) is 4. The molecule has 1 heterocycles. The van der Waals surface area contributed by atoms with E-state index in [0.29, 0.717) is 0 Å². The van der Waals surface area contributed by atoms with Gasteiger partial charge in [-0.15, -0.1) is 0 Å². The topological polar surface area (TPSA) is 48.4 Å². The van der Waals surface area contributed by atoms with Gasteiger partial charge in [0.25, 0.3) is 0 Å². The van der Waals surface area contributed by atoms with Gasteiger partial charge in [-0.05, 0) is 87.6 Å². The number of aliphatic imine (C=N–C) groups is 1. The summed E-state index contributed by atoms with van der Waals surface area (Å²) in [5.41, 5.74) is 2.74. The second kappa shape index (κ2) is 10.9. The van der Waals surface area contributed by atoms with E-state index in [0.717, 1.165) is 17.1 Å². The third kappa shape index (κ3) is 6.95. The van der Waals surface area contributed by atoms with E-state index < -0.39 is 18.5 Å². The van der Waals surface area contributed by atoms with Crippen molar-refractivity contribution in [3.05, 3.63) is 36.3 Å². The summed E-state index contributed by atoms with van der Waals surface area (Å²) in [6.45, 7) is 24.8. The zero-order valence-electron chi connectivity index (χ0n) is 19.9. The van der Waals surface area contributed by atoms with Crippen molar-refractivity contribution in [1.82, 2.24) is 13.7 Å². The minimum absolute atomic E-state index is 0.0504. The lowest BCUT2D eigenvalue weighted by molar-refractivity contribution is 0.250. The van der Waals surface area contributed by atoms with Crippen molar-refractivity contribution in [2.45, 2.75) is 93.4 Å². The second-order valence-electron chi connectivity index (χ2n) is 8.54. The predicted molar refractivity (Wildman–Crippen MR) is 124 cm³/mol. The molecule has 0 atom stereocenters. The number of allylic oxidation sites excluding steroid dienone is 3. The molecule has 0 saturated heterocycles. The molecule has 8 heteroatoms. The van der Waals surface area contributed by atoms with Crippen molar-refractivity contribution in [3.63, 3.8) is 0 Å². The second-order valence-corrected chi connectivity index (χ2v) is 11.9. The largest absolute Gasteiger partial charge is 0.630 e. The van der Waals surface area contributed by atoms with Crippen LogP contribution in [-0.4, -0.2) is 62.0 Å². The van der Waals surface area contributed by atoms with Crippen LogP contribution in [0.25, 0.3) is 0 Å². The Bertz CT molecular complexity index is 684. The first-order chi connectivity index (χ1) is 13.4. The maximum absolute atomic E-state index is 13.5. The Morgan fingerprint density at radius 2 is 1.76 bits per heavy atom. The molecule has 0 N–H and O–H groups in total. The molecule has 163 valence electrons. The molecule has 0 aromatic rings. The fourth-order valence-corrected chi connectivity index (χ4v) is 7.57. The lowest BCUT2D eigenvalue weighted by Crippen LogP contribution is -2.60. The van der Waals surface area contributed by atoms with E-state index in [-0.39, 0.29) is 24.2 Å². The quantitative estimate of drug-likeness (QED) is 0.398. The molecule has 0 aromatic carbocycles. The van der Waals surface area contributed by atoms with Crippen LogP contribution < -0.4 is 0 Å². The Morgan fingerprint density at radius 3 is 2.21 bits per heavy atom. The maximum atomic E-state index is 13.5. The van der Waals surface area contributed by atoms with Gasteiger partial charge in [0.1, 0.15) is 0 Å². The fourth-order valence-electron chi connectivity index (χ4n) is 3.31. The summed E-state index contributed by atoms with van der Waals surface area (Å²) in [5, 5.41) is 0. The van der Waals surface area contributed by atoms with E-state index in [9.17, 15) is 4.46 Å². The molecule has 0 spiro atoms. The normalized spacial score (nSPS) is 16.7. The first-order valence-corrected chi connectivity index (χ1v) is 13.0. The predicted octanol–water partition coefficient (Wildman–Crippen LogP) is 4.35. The van der Waals surface area contributed by atoms with E-state index in [4.69, 9.17) is 4.12 Å². The Labute approximate surface area is 181 Å². The van der Waals surface area contributed by atoms with E-state index >= 15 is 0 Å². The van der Waals surface area contributed by atoms with E-state index in [1.807, 2.05) is 64.5 Å². The molecule has 6 nitrogen and oxygen atoms in total. The fraction of sp³-hybridized carbons (Fsp3) is 0.667. The highest BCUT2D eigenvalue weighted by atomic mass is 28.4. The molecule has 1 radical (unpaired) electrons. The van der Waals surface area contributed by atoms with Crippen molar-refractivity contribution in [1.29, 1.82) is 0 Å². The minimum atomic E-state index is -2.51. The summed E-state index contributed by atoms with van der Waals surface area (Å²) in [6.07, 6.45) is 6.02. The van der Waals surface area contributed by atoms with Gasteiger partial charge in [0.15, 0.2) is 0 Å². The van der Waals surface area contributed by atoms with Crippen LogP contribution >= 0.6 is 0 Å². The molecule has 0 aromatic heterocycles. The summed E-state index contributed by atoms with van der Waals surface area (Å²) < 4.78 is 26.1. The molecule has 0 aliphatic carbocycles. The third-order valence-electron chi connectivity index (χ3n) is 4.39. The SMILES string of the molecule is C=C1C=CN(C(C)C)[Si](O[Si](=O)N(/C(C)=C/C(C)=NC(C)C)C(C)C)N1C(C)C. The molecule has 1 rings (SSSR count). The highest BCUT2D eigenvalue weighted by Crippen LogP contribution is 2.23. The van der Waals surface area contributed by atoms with Gasteiger partial charge in [-0.25, -0.2) is 0 Å². The summed E-state index contributed by atoms with van der Waals surface area (Å²) in [5.74, 6) is 0. The van der Waals surface area contributed by atoms with Gasteiger partial charge in [-0.1, -0.05) is 6.58 Å². The van der Waals surface area contributed by atoms with Crippen LogP contribution in [0.5, 0.6) is 0 Å². The highest BCUT2D eigenvalue weighted by Gasteiger charge is 2.42. The molecular formula is C21H39N4O2Si2. The van der Waals surface area contributed by atoms with E-state index in [1.54, 1.807) is 0 Å². The third-order valence-corrected chi connectivity index (χ3v) is 9.40. The summed E-state index contributed by atoms with van der Waals surface area (Å²) >= 11 is 0. The maximum Gasteiger partial charge on any atom is 0.630 e. The van der Waals surface area contributed by atoms with E-state index in [1.165, 1.54) is 0 Å². The lowest BCUT2D eigenvalue weighted by Gasteiger charge is -2.44. The van der Waals surface area contributed by atoms with E-state index in [2.05, 4.69) is 48.4 Å². The van der Waals surface area contributed by atoms with Crippen molar-refractivity contribution in [2.24, 2.45) is 4.99 Å². The van der Waals surface area contributed by atoms with Gasteiger partial charge >= 0.3 is 18.5 Å². The molecule has 0 fully saturated rings. The molecule has 1 aliphatic heterocycles. The van der Waals surface area contributed by atoms with Gasteiger partial charge in [0.2, 0.25) is 0 Å². The van der Waals surface area contributed by atoms with Gasteiger partial charge in [0, 0.05) is 41.3 Å². The number of hydrogen-bond donors (Lipinski definition) is 0. The van der Waals surface area contributed by atoms with Crippen LogP contribution in [0.4, 0.5) is 0 Å². The number of hydrogen-bond acceptors (Lipinski definition) is 5. The van der Waals surface area contributed by atoms with Crippen LogP contribution in [0, 0.1) is 0 Å². The monoisotopic (exact) mass is 435 g/mol. The minimum Gasteiger partial charge on any atom is -0.531 e. The molecule has 29 heavy (non-hydrogen) atoms. The first-order valence-electron chi connectivity index (χ1n) is 10.4. The van der Waals surface area contributed by atoms with Crippen molar-refractivity contribution in [2.75, 3.05) is 0 Å². The zero-order valence-corrected chi connectivity index (χ0v) is 21.9. The first kappa shape index (κ1) is 25.4. The Hall–Kier alpha value is -1.68. The smallest absolute Gasteiger partial charge is 0.531 e. The van der Waals surface area contributed by atoms with Gasteiger partial charge in [-0.3, -0.25) is 4.99 Å². The number of rotatable bonds is 9. The van der Waals surface area contributed by atoms with Crippen LogP contribution in [0.1, 0.15) is 69.2 Å². The summed E-state index contributed by atoms with van der Waals surface area (Å²) in [6, 6.07) is 0.731. The zero-order chi connectivity index (χ0) is 22.5. The van der Waals surface area contributed by atoms with Gasteiger partial charge in [-0.2, -0.15) is 0 Å². The summed E-state index contributed by atoms with van der Waals surface area (Å²) in [4.78, 5) is 4.57. The standard InChI is InChI=1S/C21H39N4O2Si2/c1-15(2)22-19(9)14-21(11)25(18(7)8)29(26)27-28-23(16(3)4)13-12-20(10)24(28)17(5)6/h12-18H,10H2,1-9,11H3/b21-14+,22-19?. The molecule has 0 amide bonds. The van der Waals surface area contributed by atoms with Crippen LogP contribution in [0.15, 0.2) is 41.3 Å². The average Bonchev–Trinajstić information content (AvgIpc) is 2.52. The van der Waals surface area contributed by atoms with Gasteiger partial charge in [0.05, 0.1) is 0 Å². The molecular weight excluding hydrogens is 396 g/mol. The van der Waals surface area contributed by atoms with Crippen molar-refractivity contribution in [3.8, 4) is 0 Å². The van der Waals surface area contributed by atoms with Crippen molar-refractivity contribution < 1.29 is 8.58 Å². The molecule has 1 aliphatic rings.